The molecule has 0 spiro atoms. The third kappa shape index (κ3) is 3.97. The number of hydrogen-bond acceptors (Lipinski definition) is 2. The van der Waals surface area contributed by atoms with Gasteiger partial charge in [0.2, 0.25) is 0 Å². The van der Waals surface area contributed by atoms with Gasteiger partial charge < -0.3 is 5.32 Å². The van der Waals surface area contributed by atoms with Crippen molar-refractivity contribution in [3.8, 4) is 0 Å². The molecule has 1 N–H and O–H groups in total. The molecule has 1 saturated heterocycles. The van der Waals surface area contributed by atoms with Gasteiger partial charge in [0.15, 0.2) is 0 Å². The summed E-state index contributed by atoms with van der Waals surface area (Å²) in [5.74, 6) is 0. The van der Waals surface area contributed by atoms with Crippen molar-refractivity contribution in [2.75, 3.05) is 26.2 Å². The zero-order chi connectivity index (χ0) is 10.2. The summed E-state index contributed by atoms with van der Waals surface area (Å²) in [5, 5.41) is 3.58. The summed E-state index contributed by atoms with van der Waals surface area (Å²) in [5.41, 5.74) is 0. The summed E-state index contributed by atoms with van der Waals surface area (Å²) in [4.78, 5) is 2.63. The molecule has 0 aliphatic carbocycles. The molecule has 0 aromatic rings. The predicted octanol–water partition coefficient (Wildman–Crippen LogP) is 2.25. The first kappa shape index (κ1) is 12.0. The van der Waals surface area contributed by atoms with E-state index in [1.54, 1.807) is 0 Å². The Balaban J connectivity index is 2.13. The maximum Gasteiger partial charge on any atom is 0.0220 e. The van der Waals surface area contributed by atoms with Gasteiger partial charge >= 0.3 is 0 Å². The molecule has 1 aliphatic heterocycles. The lowest BCUT2D eigenvalue weighted by atomic mass is 10.0. The molecule has 1 aliphatic rings. The number of unbranched alkanes of at least 4 members (excludes halogenated alkanes) is 1. The van der Waals surface area contributed by atoms with Crippen LogP contribution in [-0.4, -0.2) is 37.1 Å². The van der Waals surface area contributed by atoms with Crippen LogP contribution in [0.4, 0.5) is 0 Å². The first-order chi connectivity index (χ1) is 6.88. The Morgan fingerprint density at radius 1 is 1.29 bits per heavy atom. The van der Waals surface area contributed by atoms with E-state index >= 15 is 0 Å². The zero-order valence-corrected chi connectivity index (χ0v) is 9.89. The van der Waals surface area contributed by atoms with Crippen LogP contribution in [0.1, 0.15) is 46.0 Å². The van der Waals surface area contributed by atoms with Crippen LogP contribution in [-0.2, 0) is 0 Å². The lowest BCUT2D eigenvalue weighted by Crippen LogP contribution is -2.45. The van der Waals surface area contributed by atoms with E-state index in [2.05, 4.69) is 24.1 Å². The van der Waals surface area contributed by atoms with Crippen molar-refractivity contribution in [2.24, 2.45) is 0 Å². The van der Waals surface area contributed by atoms with Crippen LogP contribution < -0.4 is 5.32 Å². The number of likely N-dealkylation sites (tertiary alicyclic amines) is 1. The van der Waals surface area contributed by atoms with Gasteiger partial charge in [0.05, 0.1) is 0 Å². The molecule has 1 unspecified atom stereocenters. The van der Waals surface area contributed by atoms with Crippen LogP contribution in [0.2, 0.25) is 0 Å². The highest BCUT2D eigenvalue weighted by atomic mass is 15.2. The van der Waals surface area contributed by atoms with E-state index in [9.17, 15) is 0 Å². The highest BCUT2D eigenvalue weighted by molar-refractivity contribution is 4.77. The number of hydrogen-bond donors (Lipinski definition) is 1. The van der Waals surface area contributed by atoms with Crippen molar-refractivity contribution in [1.29, 1.82) is 0 Å². The van der Waals surface area contributed by atoms with Crippen molar-refractivity contribution >= 4 is 0 Å². The summed E-state index contributed by atoms with van der Waals surface area (Å²) in [6, 6.07) is 0.811. The molecule has 2 heteroatoms. The van der Waals surface area contributed by atoms with E-state index in [0.717, 1.165) is 6.04 Å². The lowest BCUT2D eigenvalue weighted by Gasteiger charge is -2.35. The van der Waals surface area contributed by atoms with Gasteiger partial charge in [-0.3, -0.25) is 4.90 Å². The Kier molecular flexibility index (Phi) is 6.20. The number of piperidine rings is 1. The van der Waals surface area contributed by atoms with Crippen molar-refractivity contribution in [3.05, 3.63) is 0 Å². The van der Waals surface area contributed by atoms with Crippen LogP contribution in [0.15, 0.2) is 0 Å². The Morgan fingerprint density at radius 2 is 2.14 bits per heavy atom. The van der Waals surface area contributed by atoms with Crippen LogP contribution in [0.5, 0.6) is 0 Å². The van der Waals surface area contributed by atoms with Gasteiger partial charge in [0.25, 0.3) is 0 Å². The van der Waals surface area contributed by atoms with Crippen LogP contribution in [0.3, 0.4) is 0 Å². The van der Waals surface area contributed by atoms with E-state index in [1.165, 1.54) is 58.3 Å². The van der Waals surface area contributed by atoms with E-state index in [-0.39, 0.29) is 0 Å². The van der Waals surface area contributed by atoms with Crippen molar-refractivity contribution in [3.63, 3.8) is 0 Å². The molecule has 2 nitrogen and oxygen atoms in total. The lowest BCUT2D eigenvalue weighted by molar-refractivity contribution is 0.153. The van der Waals surface area contributed by atoms with E-state index in [0.29, 0.717) is 0 Å². The number of likely N-dealkylation sites (N-methyl/N-ethyl adjacent to an activating group) is 1. The van der Waals surface area contributed by atoms with Gasteiger partial charge in [0.1, 0.15) is 0 Å². The highest BCUT2D eigenvalue weighted by Gasteiger charge is 2.19. The average molecular weight is 198 g/mol. The Bertz CT molecular complexity index is 136. The average Bonchev–Trinajstić information content (AvgIpc) is 2.25. The van der Waals surface area contributed by atoms with E-state index < -0.39 is 0 Å². The second-order valence-corrected chi connectivity index (χ2v) is 4.34. The Labute approximate surface area is 89.1 Å². The fraction of sp³-hybridized carbons (Fsp3) is 1.00. The topological polar surface area (TPSA) is 15.3 Å². The SMILES string of the molecule is CCCCNCC1CCCCN1CC. The predicted molar refractivity (Wildman–Crippen MR) is 62.7 cm³/mol. The molecule has 1 heterocycles. The minimum absolute atomic E-state index is 0.811. The maximum absolute atomic E-state index is 3.58. The molecule has 0 bridgehead atoms. The van der Waals surface area contributed by atoms with Gasteiger partial charge in [-0.15, -0.1) is 0 Å². The minimum atomic E-state index is 0.811. The molecule has 0 radical (unpaired) electrons. The van der Waals surface area contributed by atoms with E-state index in [1.807, 2.05) is 0 Å². The monoisotopic (exact) mass is 198 g/mol. The number of nitrogens with zero attached hydrogens (tertiary/aromatic N) is 1. The summed E-state index contributed by atoms with van der Waals surface area (Å²) in [7, 11) is 0. The molecule has 84 valence electrons. The number of nitrogens with one attached hydrogen (secondary N) is 1. The Hall–Kier alpha value is -0.0800. The van der Waals surface area contributed by atoms with Gasteiger partial charge in [-0.1, -0.05) is 26.7 Å². The zero-order valence-electron chi connectivity index (χ0n) is 9.89. The molecule has 0 saturated carbocycles. The van der Waals surface area contributed by atoms with Crippen molar-refractivity contribution < 1.29 is 0 Å². The first-order valence-electron chi connectivity index (χ1n) is 6.33. The fourth-order valence-electron chi connectivity index (χ4n) is 2.28. The third-order valence-corrected chi connectivity index (χ3v) is 3.24. The molecule has 14 heavy (non-hydrogen) atoms. The van der Waals surface area contributed by atoms with Crippen LogP contribution >= 0.6 is 0 Å². The highest BCUT2D eigenvalue weighted by Crippen LogP contribution is 2.15. The third-order valence-electron chi connectivity index (χ3n) is 3.24. The first-order valence-corrected chi connectivity index (χ1v) is 6.33. The summed E-state index contributed by atoms with van der Waals surface area (Å²) >= 11 is 0. The summed E-state index contributed by atoms with van der Waals surface area (Å²) in [6.45, 7) is 9.47. The number of rotatable bonds is 6. The molecular weight excluding hydrogens is 172 g/mol. The van der Waals surface area contributed by atoms with Crippen LogP contribution in [0, 0.1) is 0 Å². The maximum atomic E-state index is 3.58. The minimum Gasteiger partial charge on any atom is -0.315 e. The molecule has 0 aromatic heterocycles. The quantitative estimate of drug-likeness (QED) is 0.659. The molecular formula is C12H26N2. The molecule has 1 atom stereocenters. The van der Waals surface area contributed by atoms with Gasteiger partial charge in [-0.25, -0.2) is 0 Å². The second-order valence-electron chi connectivity index (χ2n) is 4.34. The smallest absolute Gasteiger partial charge is 0.0220 e. The van der Waals surface area contributed by atoms with E-state index in [4.69, 9.17) is 0 Å². The molecule has 0 amide bonds. The normalized spacial score (nSPS) is 24.0. The van der Waals surface area contributed by atoms with Crippen LogP contribution in [0.25, 0.3) is 0 Å². The molecule has 0 aromatic carbocycles. The van der Waals surface area contributed by atoms with Gasteiger partial charge in [-0.05, 0) is 38.9 Å². The largest absolute Gasteiger partial charge is 0.315 e. The standard InChI is InChI=1S/C12H26N2/c1-3-5-9-13-11-12-8-6-7-10-14(12)4-2/h12-13H,3-11H2,1-2H3. The summed E-state index contributed by atoms with van der Waals surface area (Å²) in [6.07, 6.45) is 6.84. The Morgan fingerprint density at radius 3 is 2.86 bits per heavy atom. The van der Waals surface area contributed by atoms with Gasteiger partial charge in [-0.2, -0.15) is 0 Å². The summed E-state index contributed by atoms with van der Waals surface area (Å²) < 4.78 is 0. The van der Waals surface area contributed by atoms with Gasteiger partial charge in [0, 0.05) is 12.6 Å². The van der Waals surface area contributed by atoms with Crippen molar-refractivity contribution in [1.82, 2.24) is 10.2 Å². The molecule has 1 fully saturated rings. The molecule has 1 rings (SSSR count). The fourth-order valence-corrected chi connectivity index (χ4v) is 2.28. The second kappa shape index (κ2) is 7.24. The van der Waals surface area contributed by atoms with Crippen molar-refractivity contribution in [2.45, 2.75) is 52.0 Å².